The number of ether oxygens (including phenoxy) is 1. The molecule has 3 aliphatic heterocycles. The summed E-state index contributed by atoms with van der Waals surface area (Å²) in [6.07, 6.45) is 2.30. The average molecular weight is 481 g/mol. The summed E-state index contributed by atoms with van der Waals surface area (Å²) in [4.78, 5) is 14.9. The molecule has 4 heterocycles. The predicted octanol–water partition coefficient (Wildman–Crippen LogP) is 4.61. The summed E-state index contributed by atoms with van der Waals surface area (Å²) in [5.41, 5.74) is 3.51. The Hall–Kier alpha value is -3.64. The van der Waals surface area contributed by atoms with Crippen molar-refractivity contribution in [1.29, 1.82) is 0 Å². The average Bonchev–Trinajstić information content (AvgIpc) is 3.32. The van der Waals surface area contributed by atoms with Gasteiger partial charge < -0.3 is 10.1 Å². The SMILES string of the molecule is Cn1nc(-c2ccc3ccccc3c2)cc1[C@@H]1CN2CC[C@H]1C[C@@H]2CNC(=O)COc1ccccc1. The van der Waals surface area contributed by atoms with Crippen molar-refractivity contribution in [2.45, 2.75) is 24.8 Å². The third-order valence-electron chi connectivity index (χ3n) is 7.87. The van der Waals surface area contributed by atoms with Crippen molar-refractivity contribution in [2.24, 2.45) is 13.0 Å². The lowest BCUT2D eigenvalue weighted by Gasteiger charge is -2.49. The molecule has 3 fully saturated rings. The zero-order valence-electron chi connectivity index (χ0n) is 20.6. The van der Waals surface area contributed by atoms with Crippen LogP contribution in [0.1, 0.15) is 24.5 Å². The lowest BCUT2D eigenvalue weighted by molar-refractivity contribution is -0.123. The van der Waals surface area contributed by atoms with Gasteiger partial charge in [-0.25, -0.2) is 0 Å². The number of rotatable bonds is 7. The fraction of sp³-hybridized carbons (Fsp3) is 0.333. The van der Waals surface area contributed by atoms with E-state index in [4.69, 9.17) is 9.84 Å². The molecule has 4 atom stereocenters. The molecule has 7 rings (SSSR count). The van der Waals surface area contributed by atoms with Crippen molar-refractivity contribution in [3.63, 3.8) is 0 Å². The first-order valence-corrected chi connectivity index (χ1v) is 12.9. The molecule has 0 aliphatic carbocycles. The maximum atomic E-state index is 12.3. The van der Waals surface area contributed by atoms with Crippen LogP contribution in [0.3, 0.4) is 0 Å². The second kappa shape index (κ2) is 9.78. The van der Waals surface area contributed by atoms with Crippen molar-refractivity contribution in [1.82, 2.24) is 20.0 Å². The Labute approximate surface area is 211 Å². The fourth-order valence-corrected chi connectivity index (χ4v) is 5.95. The zero-order chi connectivity index (χ0) is 24.5. The van der Waals surface area contributed by atoms with Gasteiger partial charge in [0.2, 0.25) is 0 Å². The molecule has 4 aromatic rings. The number of para-hydroxylation sites is 1. The van der Waals surface area contributed by atoms with Gasteiger partial charge in [0, 0.05) is 43.4 Å². The molecule has 0 spiro atoms. The Morgan fingerprint density at radius 3 is 2.64 bits per heavy atom. The highest BCUT2D eigenvalue weighted by molar-refractivity contribution is 5.86. The predicted molar refractivity (Wildman–Crippen MR) is 142 cm³/mol. The number of carbonyl (C=O) groups excluding carboxylic acids is 1. The number of nitrogens with zero attached hydrogens (tertiary/aromatic N) is 3. The Balaban J connectivity index is 1.09. The van der Waals surface area contributed by atoms with Gasteiger partial charge in [0.25, 0.3) is 5.91 Å². The molecule has 6 heteroatoms. The molecule has 1 N–H and O–H groups in total. The van der Waals surface area contributed by atoms with Gasteiger partial charge in [0.05, 0.1) is 5.69 Å². The van der Waals surface area contributed by atoms with Crippen molar-refractivity contribution in [3.05, 3.63) is 84.6 Å². The minimum Gasteiger partial charge on any atom is -0.484 e. The summed E-state index contributed by atoms with van der Waals surface area (Å²) in [5.74, 6) is 1.73. The first-order valence-electron chi connectivity index (χ1n) is 12.9. The van der Waals surface area contributed by atoms with Crippen molar-refractivity contribution < 1.29 is 9.53 Å². The highest BCUT2D eigenvalue weighted by Gasteiger charge is 2.41. The van der Waals surface area contributed by atoms with Gasteiger partial charge in [-0.2, -0.15) is 5.10 Å². The van der Waals surface area contributed by atoms with E-state index in [2.05, 4.69) is 70.5 Å². The molecular weight excluding hydrogens is 448 g/mol. The summed E-state index contributed by atoms with van der Waals surface area (Å²) in [5, 5.41) is 10.5. The van der Waals surface area contributed by atoms with Crippen molar-refractivity contribution in [3.8, 4) is 17.0 Å². The fourth-order valence-electron chi connectivity index (χ4n) is 5.95. The first kappa shape index (κ1) is 22.8. The maximum Gasteiger partial charge on any atom is 0.257 e. The molecule has 3 saturated heterocycles. The zero-order valence-corrected chi connectivity index (χ0v) is 20.6. The van der Waals surface area contributed by atoms with Crippen LogP contribution in [0.15, 0.2) is 78.9 Å². The van der Waals surface area contributed by atoms with Crippen LogP contribution in [0, 0.1) is 5.92 Å². The summed E-state index contributed by atoms with van der Waals surface area (Å²) < 4.78 is 7.66. The van der Waals surface area contributed by atoms with Crippen LogP contribution in [0.5, 0.6) is 5.75 Å². The largest absolute Gasteiger partial charge is 0.484 e. The van der Waals surface area contributed by atoms with Gasteiger partial charge in [-0.3, -0.25) is 14.4 Å². The molecule has 2 bridgehead atoms. The Morgan fingerprint density at radius 2 is 1.83 bits per heavy atom. The van der Waals surface area contributed by atoms with Crippen LogP contribution in [0.4, 0.5) is 0 Å². The molecule has 3 aromatic carbocycles. The minimum atomic E-state index is -0.0651. The number of hydrogen-bond acceptors (Lipinski definition) is 4. The second-order valence-electron chi connectivity index (χ2n) is 10.1. The standard InChI is InChI=1S/C30H32N4O2/c1-33-29(17-28(32-33)24-12-11-21-7-5-6-8-22(21)15-24)27-19-34-14-13-23(27)16-25(34)18-31-30(35)20-36-26-9-3-2-4-10-26/h2-12,15,17,23,25,27H,13-14,16,18-20H2,1H3,(H,31,35)/t23-,25+,27+/m0/s1. The van der Waals surface area contributed by atoms with Crippen LogP contribution < -0.4 is 10.1 Å². The van der Waals surface area contributed by atoms with Crippen molar-refractivity contribution >= 4 is 16.7 Å². The van der Waals surface area contributed by atoms with Gasteiger partial charge in [-0.05, 0) is 60.3 Å². The van der Waals surface area contributed by atoms with E-state index in [-0.39, 0.29) is 12.5 Å². The quantitative estimate of drug-likeness (QED) is 0.420. The number of benzene rings is 3. The molecule has 3 aliphatic rings. The number of carbonyl (C=O) groups is 1. The van der Waals surface area contributed by atoms with Gasteiger partial charge in [0.1, 0.15) is 5.75 Å². The van der Waals surface area contributed by atoms with Crippen LogP contribution in [0.2, 0.25) is 0 Å². The monoisotopic (exact) mass is 480 g/mol. The number of aromatic nitrogens is 2. The summed E-state index contributed by atoms with van der Waals surface area (Å²) in [6, 6.07) is 27.2. The van der Waals surface area contributed by atoms with E-state index in [1.807, 2.05) is 30.3 Å². The van der Waals surface area contributed by atoms with Gasteiger partial charge >= 0.3 is 0 Å². The molecular formula is C30H32N4O2. The number of amides is 1. The van der Waals surface area contributed by atoms with E-state index >= 15 is 0 Å². The molecule has 184 valence electrons. The summed E-state index contributed by atoms with van der Waals surface area (Å²) in [6.45, 7) is 2.84. The van der Waals surface area contributed by atoms with E-state index in [0.29, 0.717) is 24.4 Å². The Bertz CT molecular complexity index is 1370. The maximum absolute atomic E-state index is 12.3. The van der Waals surface area contributed by atoms with Crippen LogP contribution in [-0.2, 0) is 11.8 Å². The number of aryl methyl sites for hydroxylation is 1. The van der Waals surface area contributed by atoms with E-state index in [0.717, 1.165) is 36.5 Å². The van der Waals surface area contributed by atoms with Gasteiger partial charge in [-0.15, -0.1) is 0 Å². The molecule has 1 aromatic heterocycles. The molecule has 6 nitrogen and oxygen atoms in total. The highest BCUT2D eigenvalue weighted by atomic mass is 16.5. The number of nitrogens with one attached hydrogen (secondary N) is 1. The van der Waals surface area contributed by atoms with E-state index in [9.17, 15) is 4.79 Å². The summed E-state index contributed by atoms with van der Waals surface area (Å²) >= 11 is 0. The Morgan fingerprint density at radius 1 is 1.03 bits per heavy atom. The van der Waals surface area contributed by atoms with Crippen LogP contribution in [-0.4, -0.2) is 52.9 Å². The van der Waals surface area contributed by atoms with Crippen LogP contribution >= 0.6 is 0 Å². The second-order valence-corrected chi connectivity index (χ2v) is 10.1. The van der Waals surface area contributed by atoms with Gasteiger partial charge in [-0.1, -0.05) is 54.6 Å². The topological polar surface area (TPSA) is 59.4 Å². The molecule has 0 radical (unpaired) electrons. The smallest absolute Gasteiger partial charge is 0.257 e. The van der Waals surface area contributed by atoms with E-state index in [1.54, 1.807) is 0 Å². The van der Waals surface area contributed by atoms with Crippen LogP contribution in [0.25, 0.3) is 22.0 Å². The summed E-state index contributed by atoms with van der Waals surface area (Å²) in [7, 11) is 2.07. The molecule has 36 heavy (non-hydrogen) atoms. The number of piperidine rings is 3. The van der Waals surface area contributed by atoms with Gasteiger partial charge in [0.15, 0.2) is 6.61 Å². The third-order valence-corrected chi connectivity index (χ3v) is 7.87. The number of fused-ring (bicyclic) bond motifs is 4. The lowest BCUT2D eigenvalue weighted by Crippen LogP contribution is -2.56. The molecule has 1 unspecified atom stereocenters. The Kier molecular flexibility index (Phi) is 6.20. The lowest BCUT2D eigenvalue weighted by atomic mass is 9.74. The number of hydrogen-bond donors (Lipinski definition) is 1. The van der Waals surface area contributed by atoms with Crippen molar-refractivity contribution in [2.75, 3.05) is 26.2 Å². The molecule has 0 saturated carbocycles. The van der Waals surface area contributed by atoms with E-state index in [1.165, 1.54) is 22.9 Å². The normalized spacial score (nSPS) is 23.0. The minimum absolute atomic E-state index is 0.0509. The molecule has 1 amide bonds. The highest BCUT2D eigenvalue weighted by Crippen LogP contribution is 2.42. The third kappa shape index (κ3) is 4.61. The van der Waals surface area contributed by atoms with E-state index < -0.39 is 0 Å². The first-order chi connectivity index (χ1) is 17.6.